The fourth-order valence-corrected chi connectivity index (χ4v) is 5.74. The first-order chi connectivity index (χ1) is 15.3. The van der Waals surface area contributed by atoms with E-state index in [1.165, 1.54) is 25.7 Å². The molecule has 0 bridgehead atoms. The Morgan fingerprint density at radius 1 is 1.03 bits per heavy atom. The van der Waals surface area contributed by atoms with Gasteiger partial charge in [-0.1, -0.05) is 36.6 Å². The van der Waals surface area contributed by atoms with Gasteiger partial charge >= 0.3 is 0 Å². The molecular formula is C24H34N4O3S. The lowest BCUT2D eigenvalue weighted by molar-refractivity contribution is -0.121. The molecule has 0 unspecified atom stereocenters. The van der Waals surface area contributed by atoms with Crippen molar-refractivity contribution in [2.45, 2.75) is 64.3 Å². The number of amides is 1. The SMILES string of the molecule is Cc1cc(C)c(S(=O)(=O)NCCC(=O)NCc2ccc(N3CCCCCC3)nc2)c(C)c1. The molecule has 8 heteroatoms. The first kappa shape index (κ1) is 24.2. The molecule has 1 amide bonds. The fourth-order valence-electron chi connectivity index (χ4n) is 4.26. The fraction of sp³-hybridized carbons (Fsp3) is 0.500. The van der Waals surface area contributed by atoms with Crippen molar-refractivity contribution in [2.24, 2.45) is 0 Å². The van der Waals surface area contributed by atoms with E-state index in [0.29, 0.717) is 22.6 Å². The zero-order valence-corrected chi connectivity index (χ0v) is 20.1. The normalized spacial score (nSPS) is 14.8. The van der Waals surface area contributed by atoms with Crippen LogP contribution in [0.25, 0.3) is 0 Å². The number of anilines is 1. The summed E-state index contributed by atoms with van der Waals surface area (Å²) in [6, 6.07) is 7.69. The van der Waals surface area contributed by atoms with Gasteiger partial charge in [0, 0.05) is 38.8 Å². The van der Waals surface area contributed by atoms with Crippen LogP contribution in [0, 0.1) is 20.8 Å². The van der Waals surface area contributed by atoms with Gasteiger partial charge in [-0.05, 0) is 56.4 Å². The van der Waals surface area contributed by atoms with Crippen LogP contribution in [0.3, 0.4) is 0 Å². The summed E-state index contributed by atoms with van der Waals surface area (Å²) in [5, 5.41) is 2.84. The van der Waals surface area contributed by atoms with Crippen LogP contribution in [-0.2, 0) is 21.4 Å². The van der Waals surface area contributed by atoms with E-state index in [0.717, 1.165) is 30.0 Å². The van der Waals surface area contributed by atoms with E-state index < -0.39 is 10.0 Å². The van der Waals surface area contributed by atoms with Gasteiger partial charge in [-0.3, -0.25) is 4.79 Å². The van der Waals surface area contributed by atoms with Gasteiger partial charge in [-0.15, -0.1) is 0 Å². The van der Waals surface area contributed by atoms with Crippen molar-refractivity contribution >= 4 is 21.7 Å². The highest BCUT2D eigenvalue weighted by molar-refractivity contribution is 7.89. The maximum Gasteiger partial charge on any atom is 0.241 e. The standard InChI is InChI=1S/C24H34N4O3S/c1-18-14-19(2)24(20(3)15-18)32(30,31)27-11-10-23(29)26-17-21-8-9-22(25-16-21)28-12-6-4-5-7-13-28/h8-9,14-16,27H,4-7,10-13,17H2,1-3H3,(H,26,29). The van der Waals surface area contributed by atoms with E-state index in [4.69, 9.17) is 0 Å². The van der Waals surface area contributed by atoms with Crippen molar-refractivity contribution in [3.63, 3.8) is 0 Å². The molecule has 2 aromatic rings. The van der Waals surface area contributed by atoms with Crippen LogP contribution in [0.15, 0.2) is 35.4 Å². The lowest BCUT2D eigenvalue weighted by Gasteiger charge is -2.21. The van der Waals surface area contributed by atoms with Gasteiger partial charge < -0.3 is 10.2 Å². The first-order valence-corrected chi connectivity index (χ1v) is 12.8. The second-order valence-corrected chi connectivity index (χ2v) is 10.3. The minimum atomic E-state index is -3.66. The Labute approximate surface area is 191 Å². The number of aromatic nitrogens is 1. The van der Waals surface area contributed by atoms with Crippen molar-refractivity contribution in [1.82, 2.24) is 15.0 Å². The topological polar surface area (TPSA) is 91.4 Å². The average Bonchev–Trinajstić information content (AvgIpc) is 3.01. The monoisotopic (exact) mass is 458 g/mol. The number of rotatable bonds is 8. The minimum absolute atomic E-state index is 0.0487. The molecule has 1 saturated heterocycles. The predicted octanol–water partition coefficient (Wildman–Crippen LogP) is 3.37. The van der Waals surface area contributed by atoms with Gasteiger partial charge in [0.25, 0.3) is 0 Å². The van der Waals surface area contributed by atoms with Crippen LogP contribution in [0.4, 0.5) is 5.82 Å². The number of hydrogen-bond acceptors (Lipinski definition) is 5. The predicted molar refractivity (Wildman–Crippen MR) is 127 cm³/mol. The van der Waals surface area contributed by atoms with Gasteiger partial charge in [0.2, 0.25) is 15.9 Å². The molecule has 0 spiro atoms. The molecular weight excluding hydrogens is 424 g/mol. The number of carbonyl (C=O) groups excluding carboxylic acids is 1. The Morgan fingerprint density at radius 2 is 1.69 bits per heavy atom. The van der Waals surface area contributed by atoms with Crippen LogP contribution < -0.4 is 14.9 Å². The highest BCUT2D eigenvalue weighted by Gasteiger charge is 2.19. The van der Waals surface area contributed by atoms with Crippen LogP contribution in [-0.4, -0.2) is 38.9 Å². The highest BCUT2D eigenvalue weighted by atomic mass is 32.2. The third-order valence-corrected chi connectivity index (χ3v) is 7.51. The van der Waals surface area contributed by atoms with Crippen molar-refractivity contribution in [3.05, 3.63) is 52.7 Å². The molecule has 1 aromatic carbocycles. The Hall–Kier alpha value is -2.45. The van der Waals surface area contributed by atoms with E-state index in [1.807, 2.05) is 31.2 Å². The smallest absolute Gasteiger partial charge is 0.241 e. The molecule has 1 fully saturated rings. The molecule has 0 aliphatic carbocycles. The second kappa shape index (κ2) is 10.9. The summed E-state index contributed by atoms with van der Waals surface area (Å²) in [6.07, 6.45) is 6.83. The number of nitrogens with zero attached hydrogens (tertiary/aromatic N) is 2. The lowest BCUT2D eigenvalue weighted by Crippen LogP contribution is -2.31. The van der Waals surface area contributed by atoms with E-state index in [1.54, 1.807) is 20.0 Å². The zero-order chi connectivity index (χ0) is 23.1. The van der Waals surface area contributed by atoms with Crippen LogP contribution in [0.1, 0.15) is 54.4 Å². The molecule has 3 rings (SSSR count). The Balaban J connectivity index is 1.46. The number of aryl methyl sites for hydroxylation is 3. The second-order valence-electron chi connectivity index (χ2n) is 8.58. The number of benzene rings is 1. The number of nitrogens with one attached hydrogen (secondary N) is 2. The van der Waals surface area contributed by atoms with Crippen molar-refractivity contribution in [2.75, 3.05) is 24.5 Å². The van der Waals surface area contributed by atoms with Gasteiger partial charge in [0.15, 0.2) is 0 Å². The number of hydrogen-bond donors (Lipinski definition) is 2. The maximum absolute atomic E-state index is 12.7. The first-order valence-electron chi connectivity index (χ1n) is 11.3. The van der Waals surface area contributed by atoms with Gasteiger partial charge in [0.05, 0.1) is 4.90 Å². The van der Waals surface area contributed by atoms with Gasteiger partial charge in [0.1, 0.15) is 5.82 Å². The maximum atomic E-state index is 12.7. The molecule has 32 heavy (non-hydrogen) atoms. The molecule has 1 aliphatic heterocycles. The summed E-state index contributed by atoms with van der Waals surface area (Å²) < 4.78 is 27.9. The highest BCUT2D eigenvalue weighted by Crippen LogP contribution is 2.21. The third-order valence-electron chi connectivity index (χ3n) is 5.75. The quantitative estimate of drug-likeness (QED) is 0.633. The number of pyridine rings is 1. The van der Waals surface area contributed by atoms with Crippen molar-refractivity contribution in [3.8, 4) is 0 Å². The molecule has 1 aliphatic rings. The van der Waals surface area contributed by atoms with Crippen LogP contribution in [0.5, 0.6) is 0 Å². The van der Waals surface area contributed by atoms with E-state index in [-0.39, 0.29) is 18.9 Å². The molecule has 0 saturated carbocycles. The molecule has 2 N–H and O–H groups in total. The van der Waals surface area contributed by atoms with E-state index in [2.05, 4.69) is 19.9 Å². The molecule has 1 aromatic heterocycles. The third kappa shape index (κ3) is 6.53. The van der Waals surface area contributed by atoms with Crippen LogP contribution >= 0.6 is 0 Å². The summed E-state index contributed by atoms with van der Waals surface area (Å²) in [4.78, 5) is 19.4. The average molecular weight is 459 g/mol. The van der Waals surface area contributed by atoms with Crippen LogP contribution in [0.2, 0.25) is 0 Å². The molecule has 0 radical (unpaired) electrons. The summed E-state index contributed by atoms with van der Waals surface area (Å²) >= 11 is 0. The summed E-state index contributed by atoms with van der Waals surface area (Å²) in [7, 11) is -3.66. The number of sulfonamides is 1. The molecule has 174 valence electrons. The molecule has 0 atom stereocenters. The zero-order valence-electron chi connectivity index (χ0n) is 19.3. The van der Waals surface area contributed by atoms with Gasteiger partial charge in [-0.2, -0.15) is 0 Å². The van der Waals surface area contributed by atoms with E-state index >= 15 is 0 Å². The Kier molecular flexibility index (Phi) is 8.26. The minimum Gasteiger partial charge on any atom is -0.357 e. The lowest BCUT2D eigenvalue weighted by atomic mass is 10.1. The Morgan fingerprint density at radius 3 is 2.28 bits per heavy atom. The molecule has 2 heterocycles. The van der Waals surface area contributed by atoms with Gasteiger partial charge in [-0.25, -0.2) is 18.1 Å². The summed E-state index contributed by atoms with van der Waals surface area (Å²) in [5.74, 6) is 0.778. The largest absolute Gasteiger partial charge is 0.357 e. The Bertz CT molecular complexity index is 1000. The number of carbonyl (C=O) groups is 1. The summed E-state index contributed by atoms with van der Waals surface area (Å²) in [5.41, 5.74) is 3.35. The molecule has 7 nitrogen and oxygen atoms in total. The van der Waals surface area contributed by atoms with Crippen molar-refractivity contribution < 1.29 is 13.2 Å². The van der Waals surface area contributed by atoms with E-state index in [9.17, 15) is 13.2 Å². The van der Waals surface area contributed by atoms with Crippen molar-refractivity contribution in [1.29, 1.82) is 0 Å². The summed E-state index contributed by atoms with van der Waals surface area (Å²) in [6.45, 7) is 8.01.